The summed E-state index contributed by atoms with van der Waals surface area (Å²) in [5.74, 6) is 7.03. The number of hydrogen-bond acceptors (Lipinski definition) is 22. The maximum Gasteiger partial charge on any atom is 0.242 e. The second kappa shape index (κ2) is 42.6. The van der Waals surface area contributed by atoms with Gasteiger partial charge in [-0.05, 0) is 89.2 Å². The number of para-hydroxylation sites is 3. The Kier molecular flexibility index (Phi) is 33.9. The van der Waals surface area contributed by atoms with Gasteiger partial charge in [-0.1, -0.05) is 124 Å². The van der Waals surface area contributed by atoms with Crippen molar-refractivity contribution in [2.45, 2.75) is 104 Å². The lowest BCUT2D eigenvalue weighted by Gasteiger charge is -2.06. The number of aromatic nitrogens is 22. The summed E-state index contributed by atoms with van der Waals surface area (Å²) in [5, 5.41) is 39.7. The molecule has 0 aliphatic heterocycles. The van der Waals surface area contributed by atoms with Gasteiger partial charge in [0.15, 0.2) is 29.1 Å². The van der Waals surface area contributed by atoms with Crippen molar-refractivity contribution in [1.29, 1.82) is 0 Å². The zero-order chi connectivity index (χ0) is 66.7. The summed E-state index contributed by atoms with van der Waals surface area (Å²) in [7, 11) is 0. The van der Waals surface area contributed by atoms with Crippen molar-refractivity contribution in [2.24, 2.45) is 0 Å². The largest absolute Gasteiger partial charge is 0.354 e. The molecule has 10 heterocycles. The van der Waals surface area contributed by atoms with E-state index in [1.165, 1.54) is 31.6 Å². The number of rotatable bonds is 15. The summed E-state index contributed by atoms with van der Waals surface area (Å²) in [6.07, 6.45) is 14.1. The number of hydrogen-bond donors (Lipinski definition) is 5. The first-order valence-electron chi connectivity index (χ1n) is 31.3. The van der Waals surface area contributed by atoms with Crippen LogP contribution in [0.1, 0.15) is 104 Å². The van der Waals surface area contributed by atoms with Crippen LogP contribution in [-0.4, -0.2) is 141 Å². The summed E-state index contributed by atoms with van der Waals surface area (Å²) < 4.78 is 8.31. The molecule has 0 amide bonds. The summed E-state index contributed by atoms with van der Waals surface area (Å²) >= 11 is 0. The van der Waals surface area contributed by atoms with Crippen molar-refractivity contribution in [2.75, 3.05) is 59.3 Å². The Morgan fingerprint density at radius 2 is 0.620 bits per heavy atom. The molecule has 27 heteroatoms. The minimum absolute atomic E-state index is 0.618. The molecule has 0 radical (unpaired) electrons. The van der Waals surface area contributed by atoms with Gasteiger partial charge in [-0.2, -0.15) is 44.3 Å². The molecule has 0 aliphatic rings. The fraction of sp³-hybridized carbons (Fsp3) is 0.308. The minimum Gasteiger partial charge on any atom is -0.354 e. The molecule has 0 bridgehead atoms. The first-order chi connectivity index (χ1) is 45.4. The third-order valence-corrected chi connectivity index (χ3v) is 11.3. The Labute approximate surface area is 539 Å². The topological polar surface area (TPSA) is 304 Å². The molecule has 10 aromatic heterocycles. The Morgan fingerprint density at radius 1 is 0.304 bits per heavy atom. The maximum absolute atomic E-state index is 4.58. The third-order valence-electron chi connectivity index (χ3n) is 11.3. The van der Waals surface area contributed by atoms with Crippen molar-refractivity contribution in [3.8, 4) is 29.1 Å². The van der Waals surface area contributed by atoms with Crippen LogP contribution in [0.4, 0.5) is 29.7 Å². The second-order valence-electron chi connectivity index (χ2n) is 16.9. The van der Waals surface area contributed by atoms with Crippen LogP contribution in [-0.2, 0) is 0 Å². The molecule has 0 aliphatic carbocycles. The van der Waals surface area contributed by atoms with Crippen LogP contribution in [0.3, 0.4) is 0 Å². The average Bonchev–Trinajstić information content (AvgIpc) is 2.05. The number of anilines is 5. The van der Waals surface area contributed by atoms with E-state index in [4.69, 9.17) is 0 Å². The third kappa shape index (κ3) is 21.8. The highest BCUT2D eigenvalue weighted by atomic mass is 15.4. The number of nitrogens with one attached hydrogen (secondary N) is 5. The van der Waals surface area contributed by atoms with Gasteiger partial charge in [0.2, 0.25) is 29.7 Å². The van der Waals surface area contributed by atoms with Crippen LogP contribution in [0.15, 0.2) is 178 Å². The zero-order valence-corrected chi connectivity index (χ0v) is 55.6. The van der Waals surface area contributed by atoms with Gasteiger partial charge >= 0.3 is 0 Å². The monoisotopic (exact) mass is 1250 g/mol. The molecule has 0 unspecified atom stereocenters. The van der Waals surface area contributed by atoms with E-state index in [1.54, 1.807) is 60.6 Å². The maximum atomic E-state index is 4.58. The average molecular weight is 1250 g/mol. The van der Waals surface area contributed by atoms with E-state index in [0.29, 0.717) is 41.4 Å². The highest BCUT2D eigenvalue weighted by molar-refractivity contribution is 5.80. The Hall–Kier alpha value is -11.2. The molecule has 0 spiro atoms. The van der Waals surface area contributed by atoms with E-state index in [1.807, 2.05) is 213 Å². The molecule has 484 valence electrons. The van der Waals surface area contributed by atoms with Gasteiger partial charge in [-0.15, -0.1) is 10.2 Å². The smallest absolute Gasteiger partial charge is 0.242 e. The molecule has 3 aromatic carbocycles. The van der Waals surface area contributed by atoms with Crippen molar-refractivity contribution in [3.63, 3.8) is 0 Å². The standard InChI is InChI=1S/3C13H13N5.2C8H10N6.5C2H6/c2*1-2-14-13-15-9-18(17-13)12-8-7-10-5-3-4-6-11(10)16-12;1-2-14-13-15-9-16-18(13)12-8-7-10-5-3-4-6-11(10)17-12;2*1-2-10-8-12-6-13-14(8)7-3-4-9-5-11-7;5*1-2/h2*3-9H,2H2,1H3,(H,14,17);3-9H,2H2,1H3,(H,14,15,16);2*3-6H,2H2,1H3,(H,10,12,13);5*1-2H3. The number of pyridine rings is 3. The van der Waals surface area contributed by atoms with Gasteiger partial charge in [0, 0.05) is 73.4 Å². The van der Waals surface area contributed by atoms with Crippen LogP contribution in [0.2, 0.25) is 0 Å². The Morgan fingerprint density at radius 3 is 0.946 bits per heavy atom. The minimum atomic E-state index is 0.618. The van der Waals surface area contributed by atoms with E-state index >= 15 is 0 Å². The van der Waals surface area contributed by atoms with E-state index in [-0.39, 0.29) is 0 Å². The highest BCUT2D eigenvalue weighted by Gasteiger charge is 2.10. The van der Waals surface area contributed by atoms with Crippen LogP contribution in [0.5, 0.6) is 0 Å². The lowest BCUT2D eigenvalue weighted by Crippen LogP contribution is -2.07. The van der Waals surface area contributed by atoms with Gasteiger partial charge in [-0.25, -0.2) is 54.2 Å². The number of nitrogens with zero attached hydrogens (tertiary/aromatic N) is 22. The van der Waals surface area contributed by atoms with Gasteiger partial charge in [-0.3, -0.25) is 0 Å². The van der Waals surface area contributed by atoms with Crippen molar-refractivity contribution in [3.05, 3.63) is 178 Å². The van der Waals surface area contributed by atoms with E-state index in [2.05, 4.69) is 112 Å². The fourth-order valence-corrected chi connectivity index (χ4v) is 7.65. The summed E-state index contributed by atoms with van der Waals surface area (Å²) in [4.78, 5) is 50.1. The highest BCUT2D eigenvalue weighted by Crippen LogP contribution is 2.18. The van der Waals surface area contributed by atoms with E-state index < -0.39 is 0 Å². The molecular weight excluding hydrogens is 1160 g/mol. The summed E-state index contributed by atoms with van der Waals surface area (Å²) in [5.41, 5.74) is 2.86. The van der Waals surface area contributed by atoms with Crippen LogP contribution in [0.25, 0.3) is 61.8 Å². The van der Waals surface area contributed by atoms with Gasteiger partial charge in [0.25, 0.3) is 0 Å². The van der Waals surface area contributed by atoms with Gasteiger partial charge < -0.3 is 26.6 Å². The molecule has 0 saturated carbocycles. The molecule has 13 rings (SSSR count). The molecule has 5 N–H and O–H groups in total. The molecule has 27 nitrogen and oxygen atoms in total. The molecule has 13 aromatic rings. The van der Waals surface area contributed by atoms with Gasteiger partial charge in [0.1, 0.15) is 44.3 Å². The first-order valence-corrected chi connectivity index (χ1v) is 31.3. The summed E-state index contributed by atoms with van der Waals surface area (Å²) in [6.45, 7) is 34.0. The quantitative estimate of drug-likeness (QED) is 0.0637. The fourth-order valence-electron chi connectivity index (χ4n) is 7.65. The van der Waals surface area contributed by atoms with Crippen molar-refractivity contribution in [1.82, 2.24) is 109 Å². The van der Waals surface area contributed by atoms with Crippen molar-refractivity contribution >= 4 is 62.5 Å². The lowest BCUT2D eigenvalue weighted by atomic mass is 10.2. The molecule has 0 saturated heterocycles. The Balaban J connectivity index is 0.000000238. The SMILES string of the molecule is CC.CC.CC.CC.CC.CCNc1ncn(-c2ccc3ccccc3n2)n1.CCNc1ncn(-c2ccc3ccccc3n2)n1.CCNc1ncnn1-c1ccc2ccccc2n1.CCNc1ncnn1-c1ccncn1.CCNc1ncnn1-c1ccncn1. The van der Waals surface area contributed by atoms with E-state index in [0.717, 1.165) is 82.9 Å². The second-order valence-corrected chi connectivity index (χ2v) is 16.9. The number of fused-ring (bicyclic) bond motifs is 3. The molecule has 0 fully saturated rings. The molecular formula is C65H89N27. The number of benzene rings is 3. The predicted octanol–water partition coefficient (Wildman–Crippen LogP) is 12.9. The first kappa shape index (κ1) is 73.2. The van der Waals surface area contributed by atoms with Crippen LogP contribution in [0, 0.1) is 0 Å². The van der Waals surface area contributed by atoms with Crippen molar-refractivity contribution < 1.29 is 0 Å². The van der Waals surface area contributed by atoms with Crippen LogP contribution < -0.4 is 26.6 Å². The van der Waals surface area contributed by atoms with Crippen LogP contribution >= 0.6 is 0 Å². The Bertz CT molecular complexity index is 3810. The molecule has 0 atom stereocenters. The zero-order valence-electron chi connectivity index (χ0n) is 55.6. The van der Waals surface area contributed by atoms with Gasteiger partial charge in [0.05, 0.1) is 16.6 Å². The predicted molar refractivity (Wildman–Crippen MR) is 371 cm³/mol. The van der Waals surface area contributed by atoms with E-state index in [9.17, 15) is 0 Å². The normalized spacial score (nSPS) is 9.68. The lowest BCUT2D eigenvalue weighted by molar-refractivity contribution is 0.838. The molecule has 92 heavy (non-hydrogen) atoms. The summed E-state index contributed by atoms with van der Waals surface area (Å²) in [6, 6.07) is 39.5.